The number of carbonyl (C=O) groups excluding carboxylic acids is 1. The van der Waals surface area contributed by atoms with Gasteiger partial charge in [0.1, 0.15) is 16.7 Å². The molecular formula is C18H19NO3S. The molecule has 1 atom stereocenters. The topological polar surface area (TPSA) is 55.4 Å². The maximum atomic E-state index is 12.1. The summed E-state index contributed by atoms with van der Waals surface area (Å²) >= 11 is 0. The second kappa shape index (κ2) is 8.41. The standard InChI is InChI=1S/C18H19NO3S/c1-3-19-23(21)17-11-7-15(8-12-17)18(20)13-6-14-4-9-16(22-2)10-5-14/h4-13,19H,3H2,1-2H3/b13-6+. The van der Waals surface area contributed by atoms with Crippen molar-refractivity contribution in [2.75, 3.05) is 13.7 Å². The zero-order valence-electron chi connectivity index (χ0n) is 13.1. The highest BCUT2D eigenvalue weighted by atomic mass is 32.2. The van der Waals surface area contributed by atoms with Crippen molar-refractivity contribution >= 4 is 22.8 Å². The molecule has 2 aromatic carbocycles. The highest BCUT2D eigenvalue weighted by molar-refractivity contribution is 7.83. The van der Waals surface area contributed by atoms with Crippen LogP contribution in [0.5, 0.6) is 5.75 Å². The van der Waals surface area contributed by atoms with Crippen LogP contribution in [-0.4, -0.2) is 23.6 Å². The molecule has 5 heteroatoms. The van der Waals surface area contributed by atoms with E-state index in [0.29, 0.717) is 17.0 Å². The Morgan fingerprint density at radius 2 is 1.78 bits per heavy atom. The number of methoxy groups -OCH3 is 1. The van der Waals surface area contributed by atoms with E-state index in [1.807, 2.05) is 31.2 Å². The van der Waals surface area contributed by atoms with Gasteiger partial charge in [0.05, 0.1) is 12.0 Å². The molecule has 0 fully saturated rings. The molecule has 4 nitrogen and oxygen atoms in total. The van der Waals surface area contributed by atoms with E-state index < -0.39 is 11.0 Å². The van der Waals surface area contributed by atoms with Gasteiger partial charge in [-0.3, -0.25) is 4.79 Å². The minimum atomic E-state index is -1.23. The zero-order valence-corrected chi connectivity index (χ0v) is 13.9. The predicted octanol–water partition coefficient (Wildman–Crippen LogP) is 3.22. The van der Waals surface area contributed by atoms with E-state index in [-0.39, 0.29) is 5.78 Å². The number of nitrogens with one attached hydrogen (secondary N) is 1. The normalized spacial score (nSPS) is 12.3. The summed E-state index contributed by atoms with van der Waals surface area (Å²) in [5.74, 6) is 0.680. The van der Waals surface area contributed by atoms with Gasteiger partial charge in [-0.05, 0) is 48.0 Å². The molecule has 0 heterocycles. The van der Waals surface area contributed by atoms with Crippen LogP contribution < -0.4 is 9.46 Å². The molecule has 2 aromatic rings. The van der Waals surface area contributed by atoms with E-state index in [0.717, 1.165) is 11.3 Å². The van der Waals surface area contributed by atoms with Crippen LogP contribution in [0.2, 0.25) is 0 Å². The molecule has 0 aliphatic rings. The molecule has 1 N–H and O–H groups in total. The Morgan fingerprint density at radius 3 is 2.35 bits per heavy atom. The van der Waals surface area contributed by atoms with Gasteiger partial charge in [-0.25, -0.2) is 8.93 Å². The fourth-order valence-corrected chi connectivity index (χ4v) is 2.75. The van der Waals surface area contributed by atoms with Crippen molar-refractivity contribution in [2.24, 2.45) is 0 Å². The first-order valence-corrected chi connectivity index (χ1v) is 8.41. The molecular weight excluding hydrogens is 310 g/mol. The third-order valence-corrected chi connectivity index (χ3v) is 4.42. The Morgan fingerprint density at radius 1 is 1.13 bits per heavy atom. The van der Waals surface area contributed by atoms with Gasteiger partial charge in [-0.2, -0.15) is 0 Å². The second-order valence-corrected chi connectivity index (χ2v) is 6.06. The summed E-state index contributed by atoms with van der Waals surface area (Å²) in [7, 11) is 0.379. The molecule has 120 valence electrons. The summed E-state index contributed by atoms with van der Waals surface area (Å²) in [6.45, 7) is 2.51. The van der Waals surface area contributed by atoms with Crippen molar-refractivity contribution in [3.05, 3.63) is 65.7 Å². The Labute approximate surface area is 138 Å². The lowest BCUT2D eigenvalue weighted by atomic mass is 10.1. The van der Waals surface area contributed by atoms with Crippen LogP contribution in [0.3, 0.4) is 0 Å². The SMILES string of the molecule is CCNS(=O)c1ccc(C(=O)/C=C/c2ccc(OC)cc2)cc1. The van der Waals surface area contributed by atoms with Crippen LogP contribution >= 0.6 is 0 Å². The molecule has 0 amide bonds. The van der Waals surface area contributed by atoms with Crippen LogP contribution in [0.15, 0.2) is 59.5 Å². The van der Waals surface area contributed by atoms with E-state index in [1.54, 1.807) is 37.5 Å². The van der Waals surface area contributed by atoms with E-state index in [4.69, 9.17) is 4.74 Å². The number of ether oxygens (including phenoxy) is 1. The van der Waals surface area contributed by atoms with Crippen molar-refractivity contribution < 1.29 is 13.7 Å². The fourth-order valence-electron chi connectivity index (χ4n) is 1.94. The summed E-state index contributed by atoms with van der Waals surface area (Å²) in [5.41, 5.74) is 1.48. The molecule has 0 spiro atoms. The molecule has 1 unspecified atom stereocenters. The number of allylic oxidation sites excluding steroid dienone is 1. The van der Waals surface area contributed by atoms with Crippen LogP contribution in [0.4, 0.5) is 0 Å². The van der Waals surface area contributed by atoms with Gasteiger partial charge in [0, 0.05) is 12.1 Å². The molecule has 0 bridgehead atoms. The molecule has 0 radical (unpaired) electrons. The van der Waals surface area contributed by atoms with Gasteiger partial charge in [0.2, 0.25) is 0 Å². The van der Waals surface area contributed by atoms with Crippen molar-refractivity contribution in [1.29, 1.82) is 0 Å². The number of ketones is 1. The van der Waals surface area contributed by atoms with Crippen molar-refractivity contribution in [3.8, 4) is 5.75 Å². The van der Waals surface area contributed by atoms with Crippen LogP contribution in [0, 0.1) is 0 Å². The summed E-state index contributed by atoms with van der Waals surface area (Å²) in [6.07, 6.45) is 3.28. The molecule has 23 heavy (non-hydrogen) atoms. The third-order valence-electron chi connectivity index (χ3n) is 3.17. The second-order valence-electron chi connectivity index (χ2n) is 4.76. The number of carbonyl (C=O) groups is 1. The summed E-state index contributed by atoms with van der Waals surface area (Å²) in [4.78, 5) is 12.8. The highest BCUT2D eigenvalue weighted by Gasteiger charge is 2.05. The molecule has 0 saturated carbocycles. The molecule has 0 saturated heterocycles. The number of benzene rings is 2. The fraction of sp³-hybridized carbons (Fsp3) is 0.167. The quantitative estimate of drug-likeness (QED) is 0.627. The monoisotopic (exact) mass is 329 g/mol. The van der Waals surface area contributed by atoms with Crippen molar-refractivity contribution in [3.63, 3.8) is 0 Å². The van der Waals surface area contributed by atoms with Crippen LogP contribution in [0.1, 0.15) is 22.8 Å². The van der Waals surface area contributed by atoms with Gasteiger partial charge in [-0.1, -0.05) is 25.1 Å². The van der Waals surface area contributed by atoms with E-state index >= 15 is 0 Å². The Hall–Kier alpha value is -2.24. The smallest absolute Gasteiger partial charge is 0.185 e. The lowest BCUT2D eigenvalue weighted by molar-refractivity contribution is 0.104. The van der Waals surface area contributed by atoms with Gasteiger partial charge in [-0.15, -0.1) is 0 Å². The van der Waals surface area contributed by atoms with Gasteiger partial charge < -0.3 is 4.74 Å². The number of rotatable bonds is 7. The lowest BCUT2D eigenvalue weighted by Gasteiger charge is -2.03. The average molecular weight is 329 g/mol. The predicted molar refractivity (Wildman–Crippen MR) is 92.9 cm³/mol. The van der Waals surface area contributed by atoms with Crippen molar-refractivity contribution in [2.45, 2.75) is 11.8 Å². The lowest BCUT2D eigenvalue weighted by Crippen LogP contribution is -2.16. The van der Waals surface area contributed by atoms with Gasteiger partial charge in [0.25, 0.3) is 0 Å². The maximum absolute atomic E-state index is 12.1. The largest absolute Gasteiger partial charge is 0.497 e. The maximum Gasteiger partial charge on any atom is 0.185 e. The van der Waals surface area contributed by atoms with E-state index in [9.17, 15) is 9.00 Å². The van der Waals surface area contributed by atoms with E-state index in [2.05, 4.69) is 4.72 Å². The Bertz CT molecular complexity index is 706. The van der Waals surface area contributed by atoms with Crippen molar-refractivity contribution in [1.82, 2.24) is 4.72 Å². The highest BCUT2D eigenvalue weighted by Crippen LogP contribution is 2.13. The summed E-state index contributed by atoms with van der Waals surface area (Å²) < 4.78 is 19.7. The Kier molecular flexibility index (Phi) is 6.26. The number of hydrogen-bond donors (Lipinski definition) is 1. The Balaban J connectivity index is 2.04. The molecule has 0 aliphatic heterocycles. The minimum absolute atomic E-state index is 0.0957. The van der Waals surface area contributed by atoms with Gasteiger partial charge in [0.15, 0.2) is 5.78 Å². The molecule has 0 aliphatic carbocycles. The van der Waals surface area contributed by atoms with Crippen LogP contribution in [-0.2, 0) is 11.0 Å². The first-order chi connectivity index (χ1) is 11.1. The zero-order chi connectivity index (χ0) is 16.7. The molecule has 0 aromatic heterocycles. The summed E-state index contributed by atoms with van der Waals surface area (Å²) in [6, 6.07) is 14.2. The summed E-state index contributed by atoms with van der Waals surface area (Å²) in [5, 5.41) is 0. The average Bonchev–Trinajstić information content (AvgIpc) is 2.60. The minimum Gasteiger partial charge on any atom is -0.497 e. The first-order valence-electron chi connectivity index (χ1n) is 7.26. The molecule has 2 rings (SSSR count). The number of hydrogen-bond acceptors (Lipinski definition) is 3. The van der Waals surface area contributed by atoms with Crippen LogP contribution in [0.25, 0.3) is 6.08 Å². The van der Waals surface area contributed by atoms with E-state index in [1.165, 1.54) is 6.08 Å². The van der Waals surface area contributed by atoms with Gasteiger partial charge >= 0.3 is 0 Å². The first kappa shape index (κ1) is 17.1. The third kappa shape index (κ3) is 4.87.